The van der Waals surface area contributed by atoms with Crippen molar-refractivity contribution in [1.82, 2.24) is 0 Å². The minimum absolute atomic E-state index is 0.106. The highest BCUT2D eigenvalue weighted by molar-refractivity contribution is 4.71. The van der Waals surface area contributed by atoms with E-state index < -0.39 is 0 Å². The number of aliphatic hydroxyl groups excluding tert-OH is 1. The summed E-state index contributed by atoms with van der Waals surface area (Å²) in [5.41, 5.74) is 0. The van der Waals surface area contributed by atoms with Gasteiger partial charge in [0.25, 0.3) is 0 Å². The summed E-state index contributed by atoms with van der Waals surface area (Å²) in [7, 11) is 0. The Morgan fingerprint density at radius 3 is 2.90 bits per heavy atom. The van der Waals surface area contributed by atoms with Crippen molar-refractivity contribution in [3.05, 3.63) is 0 Å². The molecular weight excluding hydrogens is 128 g/mol. The Morgan fingerprint density at radius 2 is 2.30 bits per heavy atom. The zero-order valence-corrected chi connectivity index (χ0v) is 6.55. The van der Waals surface area contributed by atoms with Gasteiger partial charge < -0.3 is 9.84 Å². The van der Waals surface area contributed by atoms with Gasteiger partial charge in [-0.15, -0.1) is 0 Å². The summed E-state index contributed by atoms with van der Waals surface area (Å²) in [6.07, 6.45) is 4.27. The van der Waals surface area contributed by atoms with Gasteiger partial charge in [-0.25, -0.2) is 0 Å². The molecule has 0 radical (unpaired) electrons. The summed E-state index contributed by atoms with van der Waals surface area (Å²) in [5, 5.41) is 9.23. The molecule has 10 heavy (non-hydrogen) atoms. The number of aliphatic hydroxyl groups is 1. The number of hydrogen-bond donors (Lipinski definition) is 1. The molecule has 0 aromatic heterocycles. The van der Waals surface area contributed by atoms with Crippen molar-refractivity contribution in [2.75, 3.05) is 6.61 Å². The van der Waals surface area contributed by atoms with Crippen LogP contribution in [-0.2, 0) is 4.74 Å². The molecule has 0 unspecified atom stereocenters. The molecule has 1 aliphatic rings. The van der Waals surface area contributed by atoms with Crippen molar-refractivity contribution in [1.29, 1.82) is 0 Å². The number of hydrogen-bond acceptors (Lipinski definition) is 2. The van der Waals surface area contributed by atoms with Gasteiger partial charge in [-0.05, 0) is 32.6 Å². The Bertz CT molecular complexity index is 91.3. The molecule has 1 aliphatic carbocycles. The fourth-order valence-electron chi connectivity index (χ4n) is 1.51. The molecule has 1 saturated carbocycles. The van der Waals surface area contributed by atoms with E-state index in [0.29, 0.717) is 6.10 Å². The summed E-state index contributed by atoms with van der Waals surface area (Å²) in [6, 6.07) is 0. The molecule has 2 heteroatoms. The lowest BCUT2D eigenvalue weighted by Crippen LogP contribution is -2.25. The lowest BCUT2D eigenvalue weighted by molar-refractivity contribution is -0.00912. The lowest BCUT2D eigenvalue weighted by Gasteiger charge is -2.25. The van der Waals surface area contributed by atoms with Gasteiger partial charge in [-0.2, -0.15) is 0 Å². The molecule has 0 saturated heterocycles. The highest BCUT2D eigenvalue weighted by atomic mass is 16.5. The van der Waals surface area contributed by atoms with E-state index in [1.165, 1.54) is 0 Å². The molecule has 0 spiro atoms. The van der Waals surface area contributed by atoms with Crippen LogP contribution in [0, 0.1) is 0 Å². The van der Waals surface area contributed by atoms with Crippen LogP contribution in [0.3, 0.4) is 0 Å². The Labute approximate surface area is 62.2 Å². The Kier molecular flexibility index (Phi) is 3.16. The first kappa shape index (κ1) is 8.02. The summed E-state index contributed by atoms with van der Waals surface area (Å²) < 4.78 is 5.39. The van der Waals surface area contributed by atoms with Crippen LogP contribution < -0.4 is 0 Å². The van der Waals surface area contributed by atoms with Gasteiger partial charge in [-0.1, -0.05) is 0 Å². The van der Waals surface area contributed by atoms with Crippen molar-refractivity contribution in [3.8, 4) is 0 Å². The first-order chi connectivity index (χ1) is 4.83. The van der Waals surface area contributed by atoms with Gasteiger partial charge in [0.1, 0.15) is 0 Å². The van der Waals surface area contributed by atoms with Crippen molar-refractivity contribution >= 4 is 0 Å². The van der Waals surface area contributed by atoms with Gasteiger partial charge in [0.05, 0.1) is 12.2 Å². The standard InChI is InChI=1S/C8H16O2/c1-2-10-8-5-3-4-7(9)6-8/h7-9H,2-6H2,1H3/t7-,8-/m0/s1. The second-order valence-corrected chi connectivity index (χ2v) is 2.90. The van der Waals surface area contributed by atoms with Gasteiger partial charge >= 0.3 is 0 Å². The summed E-state index contributed by atoms with van der Waals surface area (Å²) in [4.78, 5) is 0. The van der Waals surface area contributed by atoms with Crippen LogP contribution in [0.15, 0.2) is 0 Å². The Balaban J connectivity index is 2.18. The topological polar surface area (TPSA) is 29.5 Å². The number of rotatable bonds is 2. The molecule has 0 bridgehead atoms. The third kappa shape index (κ3) is 2.27. The first-order valence-electron chi connectivity index (χ1n) is 4.12. The average Bonchev–Trinajstić information content (AvgIpc) is 1.88. The predicted octanol–water partition coefficient (Wildman–Crippen LogP) is 1.33. The van der Waals surface area contributed by atoms with Crippen LogP contribution in [-0.4, -0.2) is 23.9 Å². The fourth-order valence-corrected chi connectivity index (χ4v) is 1.51. The van der Waals surface area contributed by atoms with E-state index in [1.54, 1.807) is 0 Å². The van der Waals surface area contributed by atoms with Crippen LogP contribution in [0.5, 0.6) is 0 Å². The molecule has 1 fully saturated rings. The molecule has 0 amide bonds. The van der Waals surface area contributed by atoms with Gasteiger partial charge in [0, 0.05) is 6.61 Å². The summed E-state index contributed by atoms with van der Waals surface area (Å²) in [5.74, 6) is 0. The van der Waals surface area contributed by atoms with E-state index in [1.807, 2.05) is 6.92 Å². The minimum atomic E-state index is -0.106. The summed E-state index contributed by atoms with van der Waals surface area (Å²) in [6.45, 7) is 2.78. The van der Waals surface area contributed by atoms with E-state index in [0.717, 1.165) is 32.3 Å². The van der Waals surface area contributed by atoms with Crippen molar-refractivity contribution in [2.45, 2.75) is 44.8 Å². The smallest absolute Gasteiger partial charge is 0.0599 e. The van der Waals surface area contributed by atoms with Crippen LogP contribution in [0.25, 0.3) is 0 Å². The zero-order chi connectivity index (χ0) is 7.40. The van der Waals surface area contributed by atoms with E-state index in [9.17, 15) is 5.11 Å². The minimum Gasteiger partial charge on any atom is -0.393 e. The molecule has 0 heterocycles. The quantitative estimate of drug-likeness (QED) is 0.633. The van der Waals surface area contributed by atoms with Gasteiger partial charge in [-0.3, -0.25) is 0 Å². The lowest BCUT2D eigenvalue weighted by atomic mass is 9.95. The normalized spacial score (nSPS) is 34.2. The monoisotopic (exact) mass is 144 g/mol. The van der Waals surface area contributed by atoms with Crippen LogP contribution >= 0.6 is 0 Å². The predicted molar refractivity (Wildman–Crippen MR) is 39.9 cm³/mol. The maximum atomic E-state index is 9.23. The third-order valence-corrected chi connectivity index (χ3v) is 2.00. The van der Waals surface area contributed by atoms with Crippen molar-refractivity contribution < 1.29 is 9.84 Å². The molecule has 0 aromatic carbocycles. The molecule has 60 valence electrons. The molecule has 2 nitrogen and oxygen atoms in total. The molecular formula is C8H16O2. The van der Waals surface area contributed by atoms with Crippen LogP contribution in [0.2, 0.25) is 0 Å². The Morgan fingerprint density at radius 1 is 1.50 bits per heavy atom. The summed E-state index contributed by atoms with van der Waals surface area (Å²) >= 11 is 0. The maximum absolute atomic E-state index is 9.23. The van der Waals surface area contributed by atoms with E-state index in [-0.39, 0.29) is 6.10 Å². The average molecular weight is 144 g/mol. The number of ether oxygens (including phenoxy) is 1. The maximum Gasteiger partial charge on any atom is 0.0599 e. The fraction of sp³-hybridized carbons (Fsp3) is 1.00. The van der Waals surface area contributed by atoms with Crippen LogP contribution in [0.1, 0.15) is 32.6 Å². The zero-order valence-electron chi connectivity index (χ0n) is 6.55. The third-order valence-electron chi connectivity index (χ3n) is 2.00. The van der Waals surface area contributed by atoms with Crippen LogP contribution in [0.4, 0.5) is 0 Å². The van der Waals surface area contributed by atoms with Gasteiger partial charge in [0.2, 0.25) is 0 Å². The van der Waals surface area contributed by atoms with E-state index in [4.69, 9.17) is 4.74 Å². The highest BCUT2D eigenvalue weighted by Crippen LogP contribution is 2.20. The molecule has 1 rings (SSSR count). The molecule has 0 aromatic rings. The van der Waals surface area contributed by atoms with E-state index >= 15 is 0 Å². The largest absolute Gasteiger partial charge is 0.393 e. The molecule has 2 atom stereocenters. The highest BCUT2D eigenvalue weighted by Gasteiger charge is 2.19. The SMILES string of the molecule is CCO[C@H]1CCC[C@H](O)C1. The molecule has 1 N–H and O–H groups in total. The Hall–Kier alpha value is -0.0800. The van der Waals surface area contributed by atoms with Crippen molar-refractivity contribution in [3.63, 3.8) is 0 Å². The van der Waals surface area contributed by atoms with E-state index in [2.05, 4.69) is 0 Å². The second-order valence-electron chi connectivity index (χ2n) is 2.90. The van der Waals surface area contributed by atoms with Gasteiger partial charge in [0.15, 0.2) is 0 Å². The second kappa shape index (κ2) is 3.94. The first-order valence-corrected chi connectivity index (χ1v) is 4.12. The molecule has 0 aliphatic heterocycles. The van der Waals surface area contributed by atoms with Crippen molar-refractivity contribution in [2.24, 2.45) is 0 Å².